The summed E-state index contributed by atoms with van der Waals surface area (Å²) in [5, 5.41) is 9.32. The summed E-state index contributed by atoms with van der Waals surface area (Å²) in [6.45, 7) is 3.90. The Kier molecular flexibility index (Phi) is 5.98. The number of phenolic OH excluding ortho intramolecular Hbond substituents is 1. The largest absolute Gasteiger partial charge is 0.508 e. The Balaban J connectivity index is 2.09. The zero-order valence-corrected chi connectivity index (χ0v) is 14.8. The van der Waals surface area contributed by atoms with E-state index in [-0.39, 0.29) is 18.1 Å². The Morgan fingerprint density at radius 1 is 1.17 bits per heavy atom. The van der Waals surface area contributed by atoms with E-state index in [2.05, 4.69) is 4.72 Å². The quantitative estimate of drug-likeness (QED) is 0.842. The third-order valence-electron chi connectivity index (χ3n) is 3.48. The molecule has 1 atom stereocenters. The highest BCUT2D eigenvalue weighted by Gasteiger charge is 2.10. The summed E-state index contributed by atoms with van der Waals surface area (Å²) in [7, 11) is -1.33. The highest BCUT2D eigenvalue weighted by Crippen LogP contribution is 2.30. The Labute approximate surface area is 144 Å². The van der Waals surface area contributed by atoms with Crippen LogP contribution in [0.3, 0.4) is 0 Å². The molecule has 0 saturated carbocycles. The lowest BCUT2D eigenvalue weighted by molar-refractivity contribution is -0.119. The zero-order chi connectivity index (χ0) is 17.7. The molecule has 0 aromatic heterocycles. The van der Waals surface area contributed by atoms with E-state index in [1.807, 2.05) is 26.0 Å². The van der Waals surface area contributed by atoms with Crippen molar-refractivity contribution in [3.63, 3.8) is 0 Å². The molecule has 1 unspecified atom stereocenters. The van der Waals surface area contributed by atoms with Crippen molar-refractivity contribution in [1.29, 1.82) is 0 Å². The molecule has 0 saturated heterocycles. The molecule has 0 spiro atoms. The van der Waals surface area contributed by atoms with E-state index in [9.17, 15) is 14.1 Å². The van der Waals surface area contributed by atoms with Gasteiger partial charge in [-0.1, -0.05) is 12.1 Å². The highest BCUT2D eigenvalue weighted by molar-refractivity contribution is 7.82. The van der Waals surface area contributed by atoms with Gasteiger partial charge in [-0.25, -0.2) is 4.21 Å². The molecule has 1 amide bonds. The molecule has 0 fully saturated rings. The molecule has 2 N–H and O–H groups in total. The minimum absolute atomic E-state index is 0.192. The number of rotatable bonds is 6. The molecule has 2 rings (SSSR count). The average Bonchev–Trinajstić information content (AvgIpc) is 2.50. The molecule has 128 valence electrons. The van der Waals surface area contributed by atoms with E-state index in [0.29, 0.717) is 12.2 Å². The lowest BCUT2D eigenvalue weighted by Crippen LogP contribution is -2.24. The summed E-state index contributed by atoms with van der Waals surface area (Å²) >= 11 is 0. The van der Waals surface area contributed by atoms with Crippen LogP contribution in [0.1, 0.15) is 23.1 Å². The molecule has 0 aliphatic heterocycles. The van der Waals surface area contributed by atoms with Crippen LogP contribution in [0, 0.1) is 13.8 Å². The molecule has 0 radical (unpaired) electrons. The van der Waals surface area contributed by atoms with Gasteiger partial charge in [-0.15, -0.1) is 0 Å². The fourth-order valence-electron chi connectivity index (χ4n) is 2.45. The predicted octanol–water partition coefficient (Wildman–Crippen LogP) is 3.14. The monoisotopic (exact) mass is 347 g/mol. The van der Waals surface area contributed by atoms with Crippen LogP contribution in [0.2, 0.25) is 0 Å². The average molecular weight is 347 g/mol. The molecular formula is C18H21NO4S. The number of aromatic hydroxyl groups is 1. The normalized spacial score (nSPS) is 11.8. The minimum atomic E-state index is -1.33. The van der Waals surface area contributed by atoms with Crippen LogP contribution >= 0.6 is 0 Å². The van der Waals surface area contributed by atoms with Gasteiger partial charge in [0.15, 0.2) is 0 Å². The van der Waals surface area contributed by atoms with Gasteiger partial charge in [0.1, 0.15) is 28.2 Å². The summed E-state index contributed by atoms with van der Waals surface area (Å²) in [5.41, 5.74) is 2.97. The number of carbonyl (C=O) groups excluding carboxylic acids is 1. The van der Waals surface area contributed by atoms with Gasteiger partial charge in [0.05, 0.1) is 0 Å². The number of hydrogen-bond donors (Lipinski definition) is 2. The summed E-state index contributed by atoms with van der Waals surface area (Å²) in [5.74, 6) is 1.38. The first-order valence-corrected chi connectivity index (χ1v) is 9.11. The van der Waals surface area contributed by atoms with Crippen molar-refractivity contribution in [3.05, 3.63) is 53.1 Å². The van der Waals surface area contributed by atoms with E-state index in [1.165, 1.54) is 6.26 Å². The number of amides is 1. The third kappa shape index (κ3) is 5.09. The van der Waals surface area contributed by atoms with Crippen molar-refractivity contribution >= 4 is 16.9 Å². The SMILES string of the molecule is Cc1cc(CCC(=O)NS(C)=O)cc(C)c1Oc1ccc(O)cc1. The number of benzene rings is 2. The fraction of sp³-hybridized carbons (Fsp3) is 0.278. The van der Waals surface area contributed by atoms with Crippen molar-refractivity contribution < 1.29 is 18.8 Å². The van der Waals surface area contributed by atoms with Crippen molar-refractivity contribution in [2.75, 3.05) is 6.26 Å². The van der Waals surface area contributed by atoms with Gasteiger partial charge in [0, 0.05) is 12.7 Å². The molecule has 2 aromatic carbocycles. The Bertz CT molecular complexity index is 733. The topological polar surface area (TPSA) is 75.6 Å². The molecule has 0 aliphatic rings. The van der Waals surface area contributed by atoms with Gasteiger partial charge in [0.25, 0.3) is 0 Å². The molecule has 0 bridgehead atoms. The number of hydrogen-bond acceptors (Lipinski definition) is 4. The maximum Gasteiger partial charge on any atom is 0.231 e. The molecule has 2 aromatic rings. The third-order valence-corrected chi connectivity index (χ3v) is 3.99. The van der Waals surface area contributed by atoms with Crippen molar-refractivity contribution in [2.24, 2.45) is 0 Å². The molecule has 24 heavy (non-hydrogen) atoms. The van der Waals surface area contributed by atoms with Gasteiger partial charge < -0.3 is 9.84 Å². The zero-order valence-electron chi connectivity index (χ0n) is 14.0. The number of nitrogens with one attached hydrogen (secondary N) is 1. The number of carbonyl (C=O) groups is 1. The number of ether oxygens (including phenoxy) is 1. The van der Waals surface area contributed by atoms with Gasteiger partial charge in [-0.3, -0.25) is 9.52 Å². The van der Waals surface area contributed by atoms with Crippen LogP contribution in [-0.4, -0.2) is 21.5 Å². The van der Waals surface area contributed by atoms with Crippen LogP contribution in [0.15, 0.2) is 36.4 Å². The lowest BCUT2D eigenvalue weighted by atomic mass is 10.0. The maximum absolute atomic E-state index is 11.6. The van der Waals surface area contributed by atoms with Crippen molar-refractivity contribution in [1.82, 2.24) is 4.72 Å². The van der Waals surface area contributed by atoms with Crippen molar-refractivity contribution in [3.8, 4) is 17.2 Å². The second kappa shape index (κ2) is 7.97. The first-order chi connectivity index (χ1) is 11.3. The second-order valence-corrected chi connectivity index (χ2v) is 6.75. The summed E-state index contributed by atoms with van der Waals surface area (Å²) < 4.78 is 19.2. The van der Waals surface area contributed by atoms with Crippen LogP contribution in [-0.2, 0) is 22.2 Å². The second-order valence-electron chi connectivity index (χ2n) is 5.63. The minimum Gasteiger partial charge on any atom is -0.508 e. The van der Waals surface area contributed by atoms with E-state index >= 15 is 0 Å². The maximum atomic E-state index is 11.6. The van der Waals surface area contributed by atoms with Gasteiger partial charge in [0.2, 0.25) is 5.91 Å². The number of phenols is 1. The van der Waals surface area contributed by atoms with Crippen molar-refractivity contribution in [2.45, 2.75) is 26.7 Å². The summed E-state index contributed by atoms with van der Waals surface area (Å²) in [6, 6.07) is 10.5. The molecule has 0 heterocycles. The molecule has 6 heteroatoms. The van der Waals surface area contributed by atoms with E-state index in [0.717, 1.165) is 22.4 Å². The van der Waals surface area contributed by atoms with Crippen LogP contribution in [0.5, 0.6) is 17.2 Å². The van der Waals surface area contributed by atoms with Gasteiger partial charge >= 0.3 is 0 Å². The Morgan fingerprint density at radius 3 is 2.29 bits per heavy atom. The molecule has 0 aliphatic carbocycles. The van der Waals surface area contributed by atoms with Gasteiger partial charge in [-0.2, -0.15) is 0 Å². The smallest absolute Gasteiger partial charge is 0.231 e. The van der Waals surface area contributed by atoms with E-state index < -0.39 is 11.0 Å². The van der Waals surface area contributed by atoms with Crippen LogP contribution in [0.4, 0.5) is 0 Å². The fourth-order valence-corrected chi connectivity index (χ4v) is 2.87. The lowest BCUT2D eigenvalue weighted by Gasteiger charge is -2.14. The predicted molar refractivity (Wildman–Crippen MR) is 94.6 cm³/mol. The Hall–Kier alpha value is -2.34. The molecular weight excluding hydrogens is 326 g/mol. The Morgan fingerprint density at radius 2 is 1.75 bits per heavy atom. The van der Waals surface area contributed by atoms with Gasteiger partial charge in [-0.05, 0) is 61.2 Å². The first-order valence-electron chi connectivity index (χ1n) is 7.55. The van der Waals surface area contributed by atoms with E-state index in [4.69, 9.17) is 4.74 Å². The van der Waals surface area contributed by atoms with E-state index in [1.54, 1.807) is 24.3 Å². The molecule has 5 nitrogen and oxygen atoms in total. The van der Waals surface area contributed by atoms with Crippen LogP contribution in [0.25, 0.3) is 0 Å². The number of aryl methyl sites for hydroxylation is 3. The summed E-state index contributed by atoms with van der Waals surface area (Å²) in [6.07, 6.45) is 2.29. The summed E-state index contributed by atoms with van der Waals surface area (Å²) in [4.78, 5) is 11.6. The standard InChI is InChI=1S/C18H21NO4S/c1-12-10-14(4-9-17(21)19-24(3)22)11-13(2)18(12)23-16-7-5-15(20)6-8-16/h5-8,10-11,20H,4,9H2,1-3H3,(H,19,21). The van der Waals surface area contributed by atoms with Crippen LogP contribution < -0.4 is 9.46 Å². The highest BCUT2D eigenvalue weighted by atomic mass is 32.2. The first kappa shape index (κ1) is 18.0.